The van der Waals surface area contributed by atoms with Crippen LogP contribution in [0.2, 0.25) is 0 Å². The molecule has 2 heterocycles. The van der Waals surface area contributed by atoms with Crippen molar-refractivity contribution in [1.29, 1.82) is 0 Å². The molecule has 0 spiro atoms. The number of nitrogens with zero attached hydrogens (tertiary/aromatic N) is 1. The highest BCUT2D eigenvalue weighted by atomic mass is 32.1. The third kappa shape index (κ3) is 1.66. The fraction of sp³-hybridized carbons (Fsp3) is 0.400. The Morgan fingerprint density at radius 2 is 2.40 bits per heavy atom. The zero-order chi connectivity index (χ0) is 11.0. The van der Waals surface area contributed by atoms with Crippen molar-refractivity contribution in [2.24, 2.45) is 0 Å². The number of fused-ring (bicyclic) bond motifs is 1. The topological polar surface area (TPSA) is 37.8 Å². The third-order valence-electron chi connectivity index (χ3n) is 2.57. The maximum absolute atomic E-state index is 12.1. The summed E-state index contributed by atoms with van der Waals surface area (Å²) in [4.78, 5) is 15.2. The molecule has 1 N–H and O–H groups in total. The number of aromatic nitrogens is 2. The summed E-state index contributed by atoms with van der Waals surface area (Å²) >= 11 is 6.64. The summed E-state index contributed by atoms with van der Waals surface area (Å²) in [5.74, 6) is 0. The van der Waals surface area contributed by atoms with Crippen LogP contribution in [0.5, 0.6) is 0 Å². The van der Waals surface area contributed by atoms with Gasteiger partial charge in [0.25, 0.3) is 5.56 Å². The van der Waals surface area contributed by atoms with E-state index in [1.807, 2.05) is 25.3 Å². The molecular formula is C10H12N2OS2. The monoisotopic (exact) mass is 240 g/mol. The average molecular weight is 240 g/mol. The Labute approximate surface area is 96.4 Å². The first-order valence-electron chi connectivity index (χ1n) is 4.87. The lowest BCUT2D eigenvalue weighted by Crippen LogP contribution is -2.24. The Hall–Kier alpha value is -0.940. The number of rotatable bonds is 2. The zero-order valence-corrected chi connectivity index (χ0v) is 10.2. The second-order valence-electron chi connectivity index (χ2n) is 3.53. The molecule has 0 amide bonds. The van der Waals surface area contributed by atoms with E-state index in [-0.39, 0.29) is 11.6 Å². The zero-order valence-electron chi connectivity index (χ0n) is 8.61. The highest BCUT2D eigenvalue weighted by Crippen LogP contribution is 2.16. The third-order valence-corrected chi connectivity index (χ3v) is 3.77. The van der Waals surface area contributed by atoms with Gasteiger partial charge in [0.15, 0.2) is 4.77 Å². The molecular weight excluding hydrogens is 228 g/mol. The molecule has 5 heteroatoms. The van der Waals surface area contributed by atoms with E-state index >= 15 is 0 Å². The van der Waals surface area contributed by atoms with Gasteiger partial charge in [-0.3, -0.25) is 9.36 Å². The van der Waals surface area contributed by atoms with Gasteiger partial charge in [-0.25, -0.2) is 0 Å². The molecule has 0 saturated heterocycles. The van der Waals surface area contributed by atoms with E-state index in [4.69, 9.17) is 12.2 Å². The first kappa shape index (κ1) is 10.6. The minimum Gasteiger partial charge on any atom is -0.331 e. The van der Waals surface area contributed by atoms with Gasteiger partial charge in [-0.05, 0) is 37.0 Å². The van der Waals surface area contributed by atoms with Crippen molar-refractivity contribution in [2.75, 3.05) is 0 Å². The molecule has 80 valence electrons. The second kappa shape index (κ2) is 3.90. The summed E-state index contributed by atoms with van der Waals surface area (Å²) < 4.78 is 2.93. The quantitative estimate of drug-likeness (QED) is 0.819. The number of thiophene rings is 1. The van der Waals surface area contributed by atoms with Crippen LogP contribution in [0.15, 0.2) is 16.2 Å². The van der Waals surface area contributed by atoms with Gasteiger partial charge in [-0.15, -0.1) is 11.3 Å². The number of nitrogens with one attached hydrogen (secondary N) is 1. The smallest absolute Gasteiger partial charge is 0.272 e. The van der Waals surface area contributed by atoms with Crippen LogP contribution in [-0.2, 0) is 0 Å². The minimum absolute atomic E-state index is 0.0260. The summed E-state index contributed by atoms with van der Waals surface area (Å²) in [6.07, 6.45) is 0.897. The average Bonchev–Trinajstić information content (AvgIpc) is 2.65. The van der Waals surface area contributed by atoms with Crippen LogP contribution in [0.25, 0.3) is 10.2 Å². The molecule has 2 rings (SSSR count). The van der Waals surface area contributed by atoms with E-state index in [2.05, 4.69) is 4.98 Å². The maximum Gasteiger partial charge on any atom is 0.272 e. The van der Waals surface area contributed by atoms with Gasteiger partial charge in [-0.2, -0.15) is 0 Å². The molecule has 2 aromatic heterocycles. The predicted molar refractivity (Wildman–Crippen MR) is 66.3 cm³/mol. The van der Waals surface area contributed by atoms with Crippen molar-refractivity contribution in [3.63, 3.8) is 0 Å². The molecule has 15 heavy (non-hydrogen) atoms. The molecule has 0 aliphatic rings. The molecule has 0 aromatic carbocycles. The van der Waals surface area contributed by atoms with Crippen LogP contribution < -0.4 is 5.56 Å². The van der Waals surface area contributed by atoms with Crippen molar-refractivity contribution in [1.82, 2.24) is 9.55 Å². The number of hydrogen-bond donors (Lipinski definition) is 1. The van der Waals surface area contributed by atoms with E-state index in [1.54, 1.807) is 4.57 Å². The van der Waals surface area contributed by atoms with Gasteiger partial charge in [0, 0.05) is 6.04 Å². The SMILES string of the molecule is CCC(C)n1c(=S)[nH]c2ccsc2c1=O. The fourth-order valence-corrected chi connectivity index (χ4v) is 2.69. The van der Waals surface area contributed by atoms with Crippen molar-refractivity contribution in [3.8, 4) is 0 Å². The Balaban J connectivity index is 2.85. The normalized spacial score (nSPS) is 13.2. The lowest BCUT2D eigenvalue weighted by Gasteiger charge is -2.12. The molecule has 1 atom stereocenters. The Morgan fingerprint density at radius 1 is 1.67 bits per heavy atom. The fourth-order valence-electron chi connectivity index (χ4n) is 1.53. The van der Waals surface area contributed by atoms with E-state index in [1.165, 1.54) is 11.3 Å². The highest BCUT2D eigenvalue weighted by molar-refractivity contribution is 7.71. The van der Waals surface area contributed by atoms with Crippen molar-refractivity contribution >= 4 is 33.8 Å². The summed E-state index contributed by atoms with van der Waals surface area (Å²) in [7, 11) is 0. The van der Waals surface area contributed by atoms with Gasteiger partial charge < -0.3 is 4.98 Å². The van der Waals surface area contributed by atoms with Crippen molar-refractivity contribution in [2.45, 2.75) is 26.3 Å². The predicted octanol–water partition coefficient (Wildman–Crippen LogP) is 3.09. The molecule has 1 unspecified atom stereocenters. The summed E-state index contributed by atoms with van der Waals surface area (Å²) in [6, 6.07) is 2.03. The van der Waals surface area contributed by atoms with Crippen LogP contribution in [0.4, 0.5) is 0 Å². The molecule has 0 fully saturated rings. The summed E-state index contributed by atoms with van der Waals surface area (Å²) in [5, 5.41) is 1.90. The first-order chi connectivity index (χ1) is 7.15. The van der Waals surface area contributed by atoms with Gasteiger partial charge in [-0.1, -0.05) is 6.92 Å². The maximum atomic E-state index is 12.1. The molecule has 0 bridgehead atoms. The van der Waals surface area contributed by atoms with Gasteiger partial charge in [0.05, 0.1) is 5.52 Å². The minimum atomic E-state index is 0.0260. The molecule has 0 radical (unpaired) electrons. The van der Waals surface area contributed by atoms with Crippen LogP contribution in [-0.4, -0.2) is 9.55 Å². The van der Waals surface area contributed by atoms with E-state index in [0.29, 0.717) is 4.77 Å². The number of aromatic amines is 1. The summed E-state index contributed by atoms with van der Waals surface area (Å²) in [6.45, 7) is 4.05. The first-order valence-corrected chi connectivity index (χ1v) is 6.16. The van der Waals surface area contributed by atoms with Crippen LogP contribution in [0, 0.1) is 4.77 Å². The van der Waals surface area contributed by atoms with Crippen LogP contribution in [0.1, 0.15) is 26.3 Å². The lowest BCUT2D eigenvalue weighted by atomic mass is 10.2. The summed E-state index contributed by atoms with van der Waals surface area (Å²) in [5.41, 5.74) is 0.868. The van der Waals surface area contributed by atoms with Crippen molar-refractivity contribution in [3.05, 3.63) is 26.6 Å². The standard InChI is InChI=1S/C10H12N2OS2/c1-3-6(2)12-9(13)8-7(4-5-15-8)11-10(12)14/h4-6H,3H2,1-2H3,(H,11,14). The Kier molecular flexibility index (Phi) is 2.75. The molecule has 2 aromatic rings. The highest BCUT2D eigenvalue weighted by Gasteiger charge is 2.10. The van der Waals surface area contributed by atoms with E-state index < -0.39 is 0 Å². The number of hydrogen-bond acceptors (Lipinski definition) is 3. The van der Waals surface area contributed by atoms with Gasteiger partial charge in [0.1, 0.15) is 4.70 Å². The van der Waals surface area contributed by atoms with Crippen molar-refractivity contribution < 1.29 is 0 Å². The largest absolute Gasteiger partial charge is 0.331 e. The number of H-pyrrole nitrogens is 1. The van der Waals surface area contributed by atoms with E-state index in [9.17, 15) is 4.79 Å². The van der Waals surface area contributed by atoms with Crippen LogP contribution >= 0.6 is 23.6 Å². The Morgan fingerprint density at radius 3 is 3.07 bits per heavy atom. The molecule has 0 aliphatic carbocycles. The van der Waals surface area contributed by atoms with Crippen LogP contribution in [0.3, 0.4) is 0 Å². The van der Waals surface area contributed by atoms with E-state index in [0.717, 1.165) is 16.6 Å². The Bertz CT molecular complexity index is 593. The molecule has 3 nitrogen and oxygen atoms in total. The van der Waals surface area contributed by atoms with Gasteiger partial charge >= 0.3 is 0 Å². The van der Waals surface area contributed by atoms with Gasteiger partial charge in [0.2, 0.25) is 0 Å². The lowest BCUT2D eigenvalue weighted by molar-refractivity contribution is 0.505. The second-order valence-corrected chi connectivity index (χ2v) is 4.83. The molecule has 0 saturated carbocycles. The molecule has 0 aliphatic heterocycles.